The van der Waals surface area contributed by atoms with Gasteiger partial charge in [0.15, 0.2) is 5.15 Å². The minimum absolute atomic E-state index is 0.392. The van der Waals surface area contributed by atoms with E-state index < -0.39 is 5.60 Å². The number of rotatable bonds is 4. The fourth-order valence-corrected chi connectivity index (χ4v) is 4.11. The summed E-state index contributed by atoms with van der Waals surface area (Å²) in [6.45, 7) is 3.25. The highest BCUT2D eigenvalue weighted by molar-refractivity contribution is 6.32. The number of benzene rings is 1. The van der Waals surface area contributed by atoms with E-state index in [4.69, 9.17) is 11.6 Å². The summed E-state index contributed by atoms with van der Waals surface area (Å²) in [5.74, 6) is 0.428. The summed E-state index contributed by atoms with van der Waals surface area (Å²) in [6, 6.07) is 6.42. The Balaban J connectivity index is 1.45. The first kappa shape index (κ1) is 19.1. The molecule has 2 fully saturated rings. The van der Waals surface area contributed by atoms with Crippen LogP contribution in [0.1, 0.15) is 44.2 Å². The van der Waals surface area contributed by atoms with Crippen LogP contribution in [-0.4, -0.2) is 43.5 Å². The normalized spacial score (nSPS) is 18.4. The number of nitrogens with zero attached hydrogens (tertiary/aromatic N) is 6. The molecule has 30 heavy (non-hydrogen) atoms. The average Bonchev–Trinajstić information content (AvgIpc) is 3.51. The van der Waals surface area contributed by atoms with Crippen molar-refractivity contribution in [2.45, 2.75) is 44.2 Å². The smallest absolute Gasteiger partial charge is 0.227 e. The van der Waals surface area contributed by atoms with Crippen LogP contribution in [0.25, 0.3) is 10.9 Å². The van der Waals surface area contributed by atoms with Crippen LogP contribution in [0.3, 0.4) is 0 Å². The van der Waals surface area contributed by atoms with Crippen molar-refractivity contribution in [1.82, 2.24) is 19.7 Å². The average molecular weight is 424 g/mol. The van der Waals surface area contributed by atoms with Crippen LogP contribution in [0.5, 0.6) is 0 Å². The van der Waals surface area contributed by atoms with Gasteiger partial charge in [0.2, 0.25) is 5.95 Å². The van der Waals surface area contributed by atoms with E-state index in [1.165, 1.54) is 0 Å². The lowest BCUT2D eigenvalue weighted by atomic mass is 9.93. The standard InChI is InChI=1S/C21H22ClN7O/c1-21(30)4-6-28(7-5-21)18-9-16-14(8-13(18)10-23)11-24-20(26-16)27-17-12-25-29(19(17)22)15-2-3-15/h8-9,11-12,15,30H,2-7H2,1H3,(H,24,26,27). The highest BCUT2D eigenvalue weighted by atomic mass is 35.5. The fraction of sp³-hybridized carbons (Fsp3) is 0.429. The predicted octanol–water partition coefficient (Wildman–Crippen LogP) is 3.78. The molecule has 1 aliphatic heterocycles. The molecule has 1 saturated heterocycles. The fourth-order valence-electron chi connectivity index (χ4n) is 3.83. The van der Waals surface area contributed by atoms with E-state index in [1.54, 1.807) is 12.4 Å². The number of piperidine rings is 1. The zero-order valence-electron chi connectivity index (χ0n) is 16.6. The zero-order valence-corrected chi connectivity index (χ0v) is 17.4. The molecule has 3 aromatic rings. The van der Waals surface area contributed by atoms with Gasteiger partial charge in [-0.15, -0.1) is 0 Å². The van der Waals surface area contributed by atoms with Gasteiger partial charge in [0.1, 0.15) is 6.07 Å². The number of aliphatic hydroxyl groups is 1. The second-order valence-corrected chi connectivity index (χ2v) is 8.73. The third-order valence-corrected chi connectivity index (χ3v) is 6.25. The molecule has 1 aliphatic carbocycles. The van der Waals surface area contributed by atoms with E-state index in [-0.39, 0.29) is 0 Å². The maximum Gasteiger partial charge on any atom is 0.227 e. The minimum atomic E-state index is -0.649. The molecule has 9 heteroatoms. The van der Waals surface area contributed by atoms with Crippen molar-refractivity contribution in [3.8, 4) is 6.07 Å². The summed E-state index contributed by atoms with van der Waals surface area (Å²) in [4.78, 5) is 11.2. The van der Waals surface area contributed by atoms with E-state index >= 15 is 0 Å². The third kappa shape index (κ3) is 3.55. The van der Waals surface area contributed by atoms with Crippen molar-refractivity contribution in [3.63, 3.8) is 0 Å². The first-order valence-corrected chi connectivity index (χ1v) is 10.5. The lowest BCUT2D eigenvalue weighted by molar-refractivity contribution is 0.0351. The lowest BCUT2D eigenvalue weighted by Crippen LogP contribution is -2.42. The largest absolute Gasteiger partial charge is 0.390 e. The van der Waals surface area contributed by atoms with Crippen LogP contribution >= 0.6 is 11.6 Å². The lowest BCUT2D eigenvalue weighted by Gasteiger charge is -2.37. The summed E-state index contributed by atoms with van der Waals surface area (Å²) >= 11 is 6.44. The van der Waals surface area contributed by atoms with Gasteiger partial charge in [-0.1, -0.05) is 11.6 Å². The number of nitriles is 1. The van der Waals surface area contributed by atoms with Crippen molar-refractivity contribution in [3.05, 3.63) is 35.2 Å². The Kier molecular flexibility index (Phi) is 4.53. The van der Waals surface area contributed by atoms with Gasteiger partial charge in [-0.3, -0.25) is 0 Å². The van der Waals surface area contributed by atoms with Crippen LogP contribution < -0.4 is 10.2 Å². The Labute approximate surface area is 179 Å². The van der Waals surface area contributed by atoms with Gasteiger partial charge in [-0.25, -0.2) is 14.6 Å². The number of halogens is 1. The highest BCUT2D eigenvalue weighted by Crippen LogP contribution is 2.39. The summed E-state index contributed by atoms with van der Waals surface area (Å²) in [6.07, 6.45) is 6.92. The number of anilines is 3. The van der Waals surface area contributed by atoms with E-state index in [1.807, 2.05) is 23.7 Å². The minimum Gasteiger partial charge on any atom is -0.390 e. The summed E-state index contributed by atoms with van der Waals surface area (Å²) in [5, 5.41) is 28.7. The molecule has 0 radical (unpaired) electrons. The molecule has 2 aromatic heterocycles. The van der Waals surface area contributed by atoms with Gasteiger partial charge in [-0.05, 0) is 44.7 Å². The van der Waals surface area contributed by atoms with Gasteiger partial charge in [0.05, 0.1) is 40.3 Å². The van der Waals surface area contributed by atoms with Crippen LogP contribution in [0.15, 0.2) is 24.5 Å². The molecule has 8 nitrogen and oxygen atoms in total. The second kappa shape index (κ2) is 7.11. The number of hydrogen-bond acceptors (Lipinski definition) is 7. The maximum atomic E-state index is 10.2. The van der Waals surface area contributed by atoms with Crippen molar-refractivity contribution in [2.24, 2.45) is 0 Å². The first-order valence-electron chi connectivity index (χ1n) is 10.1. The SMILES string of the molecule is CC1(O)CCN(c2cc3nc(Nc4cnn(C5CC5)c4Cl)ncc3cc2C#N)CC1. The molecule has 2 aliphatic rings. The Hall–Kier alpha value is -2.89. The molecular weight excluding hydrogens is 402 g/mol. The van der Waals surface area contributed by atoms with Gasteiger partial charge >= 0.3 is 0 Å². The molecule has 1 saturated carbocycles. The van der Waals surface area contributed by atoms with Crippen LogP contribution in [0.2, 0.25) is 5.15 Å². The van der Waals surface area contributed by atoms with Crippen LogP contribution in [-0.2, 0) is 0 Å². The quantitative estimate of drug-likeness (QED) is 0.658. The molecule has 0 unspecified atom stereocenters. The number of nitrogens with one attached hydrogen (secondary N) is 1. The van der Waals surface area contributed by atoms with Crippen molar-refractivity contribution in [2.75, 3.05) is 23.3 Å². The molecule has 3 heterocycles. The highest BCUT2D eigenvalue weighted by Gasteiger charge is 2.29. The van der Waals surface area contributed by atoms with E-state index in [0.717, 1.165) is 29.4 Å². The topological polar surface area (TPSA) is 103 Å². The maximum absolute atomic E-state index is 10.2. The van der Waals surface area contributed by atoms with Crippen LogP contribution in [0, 0.1) is 11.3 Å². The first-order chi connectivity index (χ1) is 14.4. The Morgan fingerprint density at radius 2 is 2.03 bits per heavy atom. The molecule has 1 aromatic carbocycles. The van der Waals surface area contributed by atoms with Gasteiger partial charge in [-0.2, -0.15) is 10.4 Å². The van der Waals surface area contributed by atoms with E-state index in [9.17, 15) is 10.4 Å². The summed E-state index contributed by atoms with van der Waals surface area (Å²) in [5.41, 5.74) is 2.19. The molecular formula is C21H22ClN7O. The zero-order chi connectivity index (χ0) is 20.9. The van der Waals surface area contributed by atoms with Crippen LogP contribution in [0.4, 0.5) is 17.3 Å². The molecule has 0 spiro atoms. The third-order valence-electron chi connectivity index (χ3n) is 5.87. The molecule has 2 N–H and O–H groups in total. The van der Waals surface area contributed by atoms with Crippen molar-refractivity contribution >= 4 is 39.8 Å². The Morgan fingerprint density at radius 3 is 2.73 bits per heavy atom. The number of aromatic nitrogens is 4. The summed E-state index contributed by atoms with van der Waals surface area (Å²) < 4.78 is 1.83. The molecule has 0 bridgehead atoms. The summed E-state index contributed by atoms with van der Waals surface area (Å²) in [7, 11) is 0. The Bertz CT molecular complexity index is 1150. The van der Waals surface area contributed by atoms with Gasteiger partial charge in [0, 0.05) is 24.7 Å². The van der Waals surface area contributed by atoms with Gasteiger partial charge < -0.3 is 15.3 Å². The molecule has 0 amide bonds. The van der Waals surface area contributed by atoms with E-state index in [2.05, 4.69) is 31.4 Å². The van der Waals surface area contributed by atoms with Gasteiger partial charge in [0.25, 0.3) is 0 Å². The van der Waals surface area contributed by atoms with Crippen molar-refractivity contribution in [1.29, 1.82) is 5.26 Å². The number of hydrogen-bond donors (Lipinski definition) is 2. The molecule has 0 atom stereocenters. The Morgan fingerprint density at radius 1 is 1.27 bits per heavy atom. The monoisotopic (exact) mass is 423 g/mol. The molecule has 5 rings (SSSR count). The predicted molar refractivity (Wildman–Crippen MR) is 115 cm³/mol. The van der Waals surface area contributed by atoms with Crippen molar-refractivity contribution < 1.29 is 5.11 Å². The molecule has 154 valence electrons. The number of fused-ring (bicyclic) bond motifs is 1. The van der Waals surface area contributed by atoms with E-state index in [0.29, 0.717) is 54.3 Å². The second-order valence-electron chi connectivity index (χ2n) is 8.37.